The van der Waals surface area contributed by atoms with Gasteiger partial charge < -0.3 is 9.47 Å². The van der Waals surface area contributed by atoms with Gasteiger partial charge in [0.1, 0.15) is 4.88 Å². The van der Waals surface area contributed by atoms with E-state index in [0.717, 1.165) is 22.5 Å². The summed E-state index contributed by atoms with van der Waals surface area (Å²) in [6, 6.07) is 9.36. The third-order valence-corrected chi connectivity index (χ3v) is 4.87. The van der Waals surface area contributed by atoms with Gasteiger partial charge in [-0.2, -0.15) is 0 Å². The lowest BCUT2D eigenvalue weighted by Gasteiger charge is -2.19. The number of allylic oxidation sites excluding steroid dienone is 1. The van der Waals surface area contributed by atoms with Crippen LogP contribution >= 0.6 is 11.3 Å². The summed E-state index contributed by atoms with van der Waals surface area (Å²) in [5.74, 6) is -1.50. The highest BCUT2D eigenvalue weighted by atomic mass is 32.1. The summed E-state index contributed by atoms with van der Waals surface area (Å²) < 4.78 is 10.1. The number of rotatable bonds is 8. The molecule has 2 aromatic rings. The minimum Gasteiger partial charge on any atom is -0.462 e. The fourth-order valence-electron chi connectivity index (χ4n) is 2.40. The molecule has 154 valence electrons. The number of benzene rings is 1. The van der Waals surface area contributed by atoms with E-state index >= 15 is 0 Å². The zero-order chi connectivity index (χ0) is 21.4. The molecular weight excluding hydrogens is 392 g/mol. The zero-order valence-electron chi connectivity index (χ0n) is 16.9. The van der Waals surface area contributed by atoms with Crippen molar-refractivity contribution < 1.29 is 23.9 Å². The van der Waals surface area contributed by atoms with Crippen molar-refractivity contribution in [2.75, 3.05) is 18.1 Å². The highest BCUT2D eigenvalue weighted by Gasteiger charge is 2.24. The average molecular weight is 416 g/mol. The van der Waals surface area contributed by atoms with Crippen LogP contribution in [0, 0.1) is 6.92 Å². The number of amides is 1. The van der Waals surface area contributed by atoms with E-state index < -0.39 is 24.5 Å². The normalized spacial score (nSPS) is 10.2. The van der Waals surface area contributed by atoms with Crippen LogP contribution in [-0.4, -0.2) is 36.0 Å². The monoisotopic (exact) mass is 416 g/mol. The van der Waals surface area contributed by atoms with E-state index in [0.29, 0.717) is 15.7 Å². The van der Waals surface area contributed by atoms with Crippen LogP contribution < -0.4 is 4.90 Å². The van der Waals surface area contributed by atoms with Crippen molar-refractivity contribution in [1.29, 1.82) is 0 Å². The second-order valence-electron chi connectivity index (χ2n) is 6.43. The van der Waals surface area contributed by atoms with Gasteiger partial charge in [-0.1, -0.05) is 47.2 Å². The molecule has 0 N–H and O–H groups in total. The lowest BCUT2D eigenvalue weighted by Crippen LogP contribution is -2.34. The van der Waals surface area contributed by atoms with Gasteiger partial charge in [0.15, 0.2) is 11.7 Å². The van der Waals surface area contributed by atoms with Gasteiger partial charge in [-0.05, 0) is 33.3 Å². The van der Waals surface area contributed by atoms with Crippen molar-refractivity contribution in [3.05, 3.63) is 58.1 Å². The fourth-order valence-corrected chi connectivity index (χ4v) is 3.38. The fraction of sp³-hybridized carbons (Fsp3) is 0.333. The van der Waals surface area contributed by atoms with Gasteiger partial charge in [-0.15, -0.1) is 0 Å². The van der Waals surface area contributed by atoms with Crippen molar-refractivity contribution in [3.8, 4) is 0 Å². The summed E-state index contributed by atoms with van der Waals surface area (Å²) in [5.41, 5.74) is 2.14. The molecule has 7 nitrogen and oxygen atoms in total. The van der Waals surface area contributed by atoms with Crippen LogP contribution in [0.4, 0.5) is 5.13 Å². The first kappa shape index (κ1) is 22.3. The maximum atomic E-state index is 12.8. The Labute approximate surface area is 174 Å². The van der Waals surface area contributed by atoms with Crippen molar-refractivity contribution in [2.24, 2.45) is 0 Å². The van der Waals surface area contributed by atoms with E-state index in [1.165, 1.54) is 11.0 Å². The second kappa shape index (κ2) is 10.5. The van der Waals surface area contributed by atoms with E-state index in [1.54, 1.807) is 27.7 Å². The summed E-state index contributed by atoms with van der Waals surface area (Å²) in [4.78, 5) is 42.8. The van der Waals surface area contributed by atoms with E-state index in [9.17, 15) is 14.4 Å². The van der Waals surface area contributed by atoms with Crippen LogP contribution in [0.3, 0.4) is 0 Å². The first-order valence-electron chi connectivity index (χ1n) is 9.12. The van der Waals surface area contributed by atoms with Crippen LogP contribution in [0.25, 0.3) is 0 Å². The summed E-state index contributed by atoms with van der Waals surface area (Å²) >= 11 is 1.08. The molecule has 1 aromatic heterocycles. The topological polar surface area (TPSA) is 85.8 Å². The van der Waals surface area contributed by atoms with Crippen LogP contribution in [0.5, 0.6) is 0 Å². The number of thiazole rings is 1. The maximum Gasteiger partial charge on any atom is 0.350 e. The van der Waals surface area contributed by atoms with E-state index in [4.69, 9.17) is 9.47 Å². The number of esters is 2. The molecule has 0 saturated heterocycles. The van der Waals surface area contributed by atoms with Gasteiger partial charge in [0, 0.05) is 6.08 Å². The lowest BCUT2D eigenvalue weighted by molar-refractivity contribution is -0.143. The van der Waals surface area contributed by atoms with Gasteiger partial charge in [0.2, 0.25) is 0 Å². The third-order valence-electron chi connectivity index (χ3n) is 3.71. The van der Waals surface area contributed by atoms with Crippen LogP contribution in [0.1, 0.15) is 41.7 Å². The molecular formula is C21H24N2O5S. The van der Waals surface area contributed by atoms with Crippen molar-refractivity contribution >= 4 is 34.3 Å². The number of carbonyl (C=O) groups excluding carboxylic acids is 3. The number of aryl methyl sites for hydroxylation is 1. The van der Waals surface area contributed by atoms with E-state index in [2.05, 4.69) is 4.98 Å². The molecule has 0 bridgehead atoms. The minimum absolute atomic E-state index is 0.231. The van der Waals surface area contributed by atoms with E-state index in [1.807, 2.05) is 30.3 Å². The predicted octanol–water partition coefficient (Wildman–Crippen LogP) is 3.67. The molecule has 8 heteroatoms. The summed E-state index contributed by atoms with van der Waals surface area (Å²) in [6.45, 7) is 6.99. The number of nitrogens with zero attached hydrogens (tertiary/aromatic N) is 2. The Kier molecular flexibility index (Phi) is 8.09. The number of carbonyl (C=O) groups is 3. The Bertz CT molecular complexity index is 901. The van der Waals surface area contributed by atoms with E-state index in [-0.39, 0.29) is 13.2 Å². The average Bonchev–Trinajstić information content (AvgIpc) is 3.06. The van der Waals surface area contributed by atoms with Crippen molar-refractivity contribution in [3.63, 3.8) is 0 Å². The number of anilines is 1. The number of ether oxygens (including phenoxy) is 2. The van der Waals surface area contributed by atoms with Crippen LogP contribution in [0.15, 0.2) is 42.0 Å². The van der Waals surface area contributed by atoms with Crippen LogP contribution in [0.2, 0.25) is 0 Å². The number of hydrogen-bond acceptors (Lipinski definition) is 7. The SMILES string of the molecule is CCOC(=O)c1sc(N(Cc2ccccc2)C(=O)COC(=O)C=C(C)C)nc1C. The number of hydrogen-bond donors (Lipinski definition) is 0. The third kappa shape index (κ3) is 6.53. The zero-order valence-corrected chi connectivity index (χ0v) is 17.7. The first-order chi connectivity index (χ1) is 13.8. The largest absolute Gasteiger partial charge is 0.462 e. The molecule has 0 unspecified atom stereocenters. The van der Waals surface area contributed by atoms with Gasteiger partial charge >= 0.3 is 11.9 Å². The molecule has 0 spiro atoms. The Morgan fingerprint density at radius 3 is 2.45 bits per heavy atom. The molecule has 0 atom stereocenters. The first-order valence-corrected chi connectivity index (χ1v) is 9.94. The lowest BCUT2D eigenvalue weighted by atomic mass is 10.2. The smallest absolute Gasteiger partial charge is 0.350 e. The molecule has 0 fully saturated rings. The van der Waals surface area contributed by atoms with Crippen LogP contribution in [-0.2, 0) is 25.6 Å². The molecule has 0 aliphatic carbocycles. The summed E-state index contributed by atoms with van der Waals surface area (Å²) in [7, 11) is 0. The molecule has 1 heterocycles. The van der Waals surface area contributed by atoms with Crippen molar-refractivity contribution in [1.82, 2.24) is 4.98 Å². The molecule has 29 heavy (non-hydrogen) atoms. The number of aromatic nitrogens is 1. The maximum absolute atomic E-state index is 12.8. The van der Waals surface area contributed by atoms with Gasteiger partial charge in [0.25, 0.3) is 5.91 Å². The molecule has 1 amide bonds. The Morgan fingerprint density at radius 2 is 1.83 bits per heavy atom. The molecule has 0 aliphatic heterocycles. The molecule has 2 rings (SSSR count). The summed E-state index contributed by atoms with van der Waals surface area (Å²) in [6.07, 6.45) is 1.32. The Morgan fingerprint density at radius 1 is 1.14 bits per heavy atom. The predicted molar refractivity (Wildman–Crippen MR) is 111 cm³/mol. The van der Waals surface area contributed by atoms with Gasteiger partial charge in [-0.3, -0.25) is 9.69 Å². The van der Waals surface area contributed by atoms with Crippen molar-refractivity contribution in [2.45, 2.75) is 34.2 Å². The summed E-state index contributed by atoms with van der Waals surface area (Å²) in [5, 5.41) is 0.345. The quantitative estimate of drug-likeness (QED) is 0.482. The standard InChI is InChI=1S/C21H24N2O5S/c1-5-27-20(26)19-15(4)22-21(29-19)23(12-16-9-7-6-8-10-16)17(24)13-28-18(25)11-14(2)3/h6-11H,5,12-13H2,1-4H3. The Balaban J connectivity index is 2.27. The molecule has 0 saturated carbocycles. The highest BCUT2D eigenvalue weighted by molar-refractivity contribution is 7.17. The Hall–Kier alpha value is -3.00. The molecule has 0 aliphatic rings. The van der Waals surface area contributed by atoms with Gasteiger partial charge in [0.05, 0.1) is 18.8 Å². The highest BCUT2D eigenvalue weighted by Crippen LogP contribution is 2.28. The minimum atomic E-state index is -0.583. The second-order valence-corrected chi connectivity index (χ2v) is 7.40. The molecule has 1 aromatic carbocycles. The van der Waals surface area contributed by atoms with Gasteiger partial charge in [-0.25, -0.2) is 14.6 Å². The molecule has 0 radical (unpaired) electrons.